The highest BCUT2D eigenvalue weighted by Gasteiger charge is 2.33. The lowest BCUT2D eigenvalue weighted by Crippen LogP contribution is -2.41. The molecule has 0 saturated carbocycles. The number of hydrogen-bond acceptors (Lipinski definition) is 6. The van der Waals surface area contributed by atoms with E-state index in [9.17, 15) is 9.90 Å². The molecule has 3 rings (SSSR count). The standard InChI is InChI=1S/C21H27NO5S/c1-13-7-9-28-20(13)18(22-8-5-6-14(12-22)21(23)24)15-10-16(25-2)19(27-4)17(11-15)26-3/h7,9-11,14,18H,5-6,8,12H2,1-4H3,(H,23,24). The molecule has 0 spiro atoms. The lowest BCUT2D eigenvalue weighted by atomic mass is 9.93. The molecule has 28 heavy (non-hydrogen) atoms. The summed E-state index contributed by atoms with van der Waals surface area (Å²) in [6, 6.07) is 5.98. The van der Waals surface area contributed by atoms with Crippen molar-refractivity contribution < 1.29 is 24.1 Å². The fraction of sp³-hybridized carbons (Fsp3) is 0.476. The summed E-state index contributed by atoms with van der Waals surface area (Å²) in [5, 5.41) is 11.6. The maximum atomic E-state index is 11.6. The Morgan fingerprint density at radius 3 is 2.39 bits per heavy atom. The third-order valence-corrected chi connectivity index (χ3v) is 6.39. The highest BCUT2D eigenvalue weighted by Crippen LogP contribution is 2.44. The summed E-state index contributed by atoms with van der Waals surface area (Å²) < 4.78 is 16.6. The Bertz CT molecular complexity index is 809. The fourth-order valence-corrected chi connectivity index (χ4v) is 4.98. The molecule has 2 aromatic rings. The number of ether oxygens (including phenoxy) is 3. The minimum absolute atomic E-state index is 0.0594. The summed E-state index contributed by atoms with van der Waals surface area (Å²) in [5.41, 5.74) is 2.20. The smallest absolute Gasteiger partial charge is 0.307 e. The zero-order chi connectivity index (χ0) is 20.3. The van der Waals surface area contributed by atoms with Gasteiger partial charge >= 0.3 is 5.97 Å². The molecule has 2 atom stereocenters. The molecule has 1 fully saturated rings. The van der Waals surface area contributed by atoms with Gasteiger partial charge in [0.2, 0.25) is 5.75 Å². The lowest BCUT2D eigenvalue weighted by molar-refractivity contribution is -0.143. The number of hydrogen-bond donors (Lipinski definition) is 1. The van der Waals surface area contributed by atoms with Gasteiger partial charge in [0.05, 0.1) is 33.3 Å². The highest BCUT2D eigenvalue weighted by atomic mass is 32.1. The maximum Gasteiger partial charge on any atom is 0.307 e. The SMILES string of the molecule is COc1cc(C(c2sccc2C)N2CCCC(C(=O)O)C2)cc(OC)c1OC. The quantitative estimate of drug-likeness (QED) is 0.752. The first-order valence-corrected chi connectivity index (χ1v) is 10.2. The van der Waals surface area contributed by atoms with Gasteiger partial charge in [-0.3, -0.25) is 9.69 Å². The van der Waals surface area contributed by atoms with E-state index in [1.165, 1.54) is 10.4 Å². The van der Waals surface area contributed by atoms with Gasteiger partial charge in [-0.25, -0.2) is 0 Å². The second kappa shape index (κ2) is 8.84. The van der Waals surface area contributed by atoms with E-state index in [0.29, 0.717) is 23.8 Å². The number of carboxylic acids is 1. The van der Waals surface area contributed by atoms with E-state index in [-0.39, 0.29) is 12.0 Å². The number of carboxylic acid groups (broad SMARTS) is 1. The predicted molar refractivity (Wildman–Crippen MR) is 109 cm³/mol. The molecule has 152 valence electrons. The van der Waals surface area contributed by atoms with Crippen molar-refractivity contribution in [3.63, 3.8) is 0 Å². The number of aliphatic carboxylic acids is 1. The van der Waals surface area contributed by atoms with Gasteiger partial charge < -0.3 is 19.3 Å². The number of nitrogens with zero attached hydrogens (tertiary/aromatic N) is 1. The Hall–Kier alpha value is -2.25. The van der Waals surface area contributed by atoms with Crippen molar-refractivity contribution in [1.82, 2.24) is 4.90 Å². The van der Waals surface area contributed by atoms with Gasteiger partial charge in [-0.15, -0.1) is 11.3 Å². The molecule has 1 aliphatic heterocycles. The van der Waals surface area contributed by atoms with Crippen molar-refractivity contribution in [3.8, 4) is 17.2 Å². The van der Waals surface area contributed by atoms with Crippen LogP contribution in [0, 0.1) is 12.8 Å². The van der Waals surface area contributed by atoms with Gasteiger partial charge in [-0.1, -0.05) is 0 Å². The summed E-state index contributed by atoms with van der Waals surface area (Å²) in [6.07, 6.45) is 1.58. The maximum absolute atomic E-state index is 11.6. The Balaban J connectivity index is 2.10. The van der Waals surface area contributed by atoms with Crippen molar-refractivity contribution >= 4 is 17.3 Å². The molecular formula is C21H27NO5S. The molecule has 1 aliphatic rings. The number of likely N-dealkylation sites (tertiary alicyclic amines) is 1. The molecule has 0 amide bonds. The van der Waals surface area contributed by atoms with Crippen LogP contribution in [0.2, 0.25) is 0 Å². The number of thiophene rings is 1. The molecule has 2 unspecified atom stereocenters. The molecule has 6 nitrogen and oxygen atoms in total. The van der Waals surface area contributed by atoms with E-state index in [2.05, 4.69) is 23.3 Å². The van der Waals surface area contributed by atoms with Crippen LogP contribution in [0.3, 0.4) is 0 Å². The van der Waals surface area contributed by atoms with Gasteiger partial charge in [0.25, 0.3) is 0 Å². The highest BCUT2D eigenvalue weighted by molar-refractivity contribution is 7.10. The molecule has 0 radical (unpaired) electrons. The predicted octanol–water partition coefficient (Wildman–Crippen LogP) is 3.97. The number of aryl methyl sites for hydroxylation is 1. The van der Waals surface area contributed by atoms with Crippen LogP contribution in [0.1, 0.15) is 34.9 Å². The summed E-state index contributed by atoms with van der Waals surface area (Å²) >= 11 is 1.69. The second-order valence-electron chi connectivity index (χ2n) is 7.00. The Labute approximate surface area is 169 Å². The van der Waals surface area contributed by atoms with Crippen LogP contribution in [0.4, 0.5) is 0 Å². The molecule has 0 aliphatic carbocycles. The van der Waals surface area contributed by atoms with Crippen LogP contribution >= 0.6 is 11.3 Å². The van der Waals surface area contributed by atoms with Gasteiger partial charge in [0, 0.05) is 11.4 Å². The molecule has 0 bridgehead atoms. The van der Waals surface area contributed by atoms with Gasteiger partial charge in [0.1, 0.15) is 0 Å². The molecule has 1 saturated heterocycles. The average Bonchev–Trinajstić information content (AvgIpc) is 3.13. The van der Waals surface area contributed by atoms with Crippen molar-refractivity contribution in [3.05, 3.63) is 39.6 Å². The summed E-state index contributed by atoms with van der Waals surface area (Å²) in [7, 11) is 4.80. The normalized spacial score (nSPS) is 18.5. The summed E-state index contributed by atoms with van der Waals surface area (Å²) in [5.74, 6) is 0.679. The number of methoxy groups -OCH3 is 3. The fourth-order valence-electron chi connectivity index (χ4n) is 3.89. The Morgan fingerprint density at radius 1 is 1.21 bits per heavy atom. The van der Waals surface area contributed by atoms with Crippen molar-refractivity contribution in [2.24, 2.45) is 5.92 Å². The molecule has 1 aromatic carbocycles. The van der Waals surface area contributed by atoms with E-state index in [0.717, 1.165) is 24.9 Å². The third-order valence-electron chi connectivity index (χ3n) is 5.32. The van der Waals surface area contributed by atoms with E-state index in [1.807, 2.05) is 12.1 Å². The average molecular weight is 406 g/mol. The molecule has 1 aromatic heterocycles. The van der Waals surface area contributed by atoms with Crippen LogP contribution in [-0.4, -0.2) is 50.4 Å². The zero-order valence-electron chi connectivity index (χ0n) is 16.7. The van der Waals surface area contributed by atoms with E-state index in [1.54, 1.807) is 32.7 Å². The molecule has 2 heterocycles. The van der Waals surface area contributed by atoms with E-state index >= 15 is 0 Å². The van der Waals surface area contributed by atoms with Crippen molar-refractivity contribution in [1.29, 1.82) is 0 Å². The topological polar surface area (TPSA) is 68.2 Å². The molecule has 1 N–H and O–H groups in total. The van der Waals surface area contributed by atoms with E-state index < -0.39 is 5.97 Å². The monoisotopic (exact) mass is 405 g/mol. The van der Waals surface area contributed by atoms with Crippen LogP contribution in [0.5, 0.6) is 17.2 Å². The Morgan fingerprint density at radius 2 is 1.89 bits per heavy atom. The Kier molecular flexibility index (Phi) is 6.46. The third kappa shape index (κ3) is 3.95. The van der Waals surface area contributed by atoms with Gasteiger partial charge in [-0.2, -0.15) is 0 Å². The first-order chi connectivity index (χ1) is 13.5. The summed E-state index contributed by atoms with van der Waals surface area (Å²) in [6.45, 7) is 3.46. The lowest BCUT2D eigenvalue weighted by Gasteiger charge is -2.37. The molecular weight excluding hydrogens is 378 g/mol. The van der Waals surface area contributed by atoms with Crippen LogP contribution in [-0.2, 0) is 4.79 Å². The minimum Gasteiger partial charge on any atom is -0.493 e. The molecule has 7 heteroatoms. The number of benzene rings is 1. The zero-order valence-corrected chi connectivity index (χ0v) is 17.5. The summed E-state index contributed by atoms with van der Waals surface area (Å²) in [4.78, 5) is 15.1. The first kappa shape index (κ1) is 20.5. The number of piperidine rings is 1. The van der Waals surface area contributed by atoms with Crippen molar-refractivity contribution in [2.45, 2.75) is 25.8 Å². The van der Waals surface area contributed by atoms with Crippen LogP contribution < -0.4 is 14.2 Å². The minimum atomic E-state index is -0.726. The van der Waals surface area contributed by atoms with Gasteiger partial charge in [0.15, 0.2) is 11.5 Å². The first-order valence-electron chi connectivity index (χ1n) is 9.30. The van der Waals surface area contributed by atoms with Gasteiger partial charge in [-0.05, 0) is 61.0 Å². The van der Waals surface area contributed by atoms with Crippen LogP contribution in [0.15, 0.2) is 23.6 Å². The number of rotatable bonds is 7. The largest absolute Gasteiger partial charge is 0.493 e. The van der Waals surface area contributed by atoms with Crippen LogP contribution in [0.25, 0.3) is 0 Å². The second-order valence-corrected chi connectivity index (χ2v) is 7.95. The van der Waals surface area contributed by atoms with Crippen molar-refractivity contribution in [2.75, 3.05) is 34.4 Å². The van der Waals surface area contributed by atoms with E-state index in [4.69, 9.17) is 14.2 Å². The number of carbonyl (C=O) groups is 1.